The van der Waals surface area contributed by atoms with Crippen LogP contribution in [0.15, 0.2) is 12.1 Å². The molecular formula is C13H18Cl2N2O. The van der Waals surface area contributed by atoms with Crippen molar-refractivity contribution in [3.63, 3.8) is 0 Å². The van der Waals surface area contributed by atoms with E-state index in [9.17, 15) is 4.79 Å². The zero-order valence-electron chi connectivity index (χ0n) is 10.9. The van der Waals surface area contributed by atoms with Gasteiger partial charge in [-0.1, -0.05) is 37.0 Å². The number of carbonyl (C=O) groups is 1. The van der Waals surface area contributed by atoms with Crippen LogP contribution in [0.5, 0.6) is 0 Å². The number of benzene rings is 1. The Labute approximate surface area is 118 Å². The lowest BCUT2D eigenvalue weighted by molar-refractivity contribution is -0.117. The van der Waals surface area contributed by atoms with E-state index in [1.54, 1.807) is 12.1 Å². The van der Waals surface area contributed by atoms with Gasteiger partial charge in [0.05, 0.1) is 17.3 Å². The second-order valence-corrected chi connectivity index (χ2v) is 4.93. The van der Waals surface area contributed by atoms with E-state index >= 15 is 0 Å². The summed E-state index contributed by atoms with van der Waals surface area (Å²) in [6.45, 7) is 7.97. The molecule has 1 amide bonds. The van der Waals surface area contributed by atoms with Crippen molar-refractivity contribution >= 4 is 34.8 Å². The molecule has 100 valence electrons. The molecule has 0 saturated heterocycles. The Balaban J connectivity index is 2.76. The normalized spacial score (nSPS) is 10.8. The highest BCUT2D eigenvalue weighted by Gasteiger charge is 2.12. The fourth-order valence-electron chi connectivity index (χ4n) is 1.69. The van der Waals surface area contributed by atoms with Crippen molar-refractivity contribution < 1.29 is 4.79 Å². The van der Waals surface area contributed by atoms with Crippen LogP contribution in [0.4, 0.5) is 5.69 Å². The van der Waals surface area contributed by atoms with E-state index in [0.29, 0.717) is 22.3 Å². The number of carbonyl (C=O) groups excluding carboxylic acids is 1. The van der Waals surface area contributed by atoms with Gasteiger partial charge in [-0.15, -0.1) is 0 Å². The average Bonchev–Trinajstić information content (AvgIpc) is 2.30. The van der Waals surface area contributed by atoms with Crippen molar-refractivity contribution in [1.29, 1.82) is 0 Å². The minimum absolute atomic E-state index is 0.0639. The molecule has 0 bridgehead atoms. The first-order valence-corrected chi connectivity index (χ1v) is 6.71. The highest BCUT2D eigenvalue weighted by Crippen LogP contribution is 2.29. The Hall–Kier alpha value is -0.770. The summed E-state index contributed by atoms with van der Waals surface area (Å²) in [6.07, 6.45) is 0. The van der Waals surface area contributed by atoms with Gasteiger partial charge in [0.15, 0.2) is 0 Å². The second-order valence-electron chi connectivity index (χ2n) is 4.09. The Kier molecular flexibility index (Phi) is 5.93. The van der Waals surface area contributed by atoms with Gasteiger partial charge in [0.25, 0.3) is 0 Å². The molecule has 1 aromatic carbocycles. The average molecular weight is 289 g/mol. The van der Waals surface area contributed by atoms with Gasteiger partial charge < -0.3 is 5.32 Å². The molecule has 18 heavy (non-hydrogen) atoms. The van der Waals surface area contributed by atoms with Crippen molar-refractivity contribution in [2.24, 2.45) is 0 Å². The van der Waals surface area contributed by atoms with Gasteiger partial charge in [0, 0.05) is 5.02 Å². The van der Waals surface area contributed by atoms with Crippen molar-refractivity contribution in [3.05, 3.63) is 27.7 Å². The van der Waals surface area contributed by atoms with E-state index in [0.717, 1.165) is 18.7 Å². The van der Waals surface area contributed by atoms with Crippen LogP contribution in [0.25, 0.3) is 0 Å². The summed E-state index contributed by atoms with van der Waals surface area (Å²) >= 11 is 12.0. The van der Waals surface area contributed by atoms with Gasteiger partial charge in [-0.3, -0.25) is 9.69 Å². The van der Waals surface area contributed by atoms with Crippen LogP contribution in [-0.2, 0) is 4.79 Å². The zero-order valence-corrected chi connectivity index (χ0v) is 12.4. The van der Waals surface area contributed by atoms with Crippen molar-refractivity contribution in [2.45, 2.75) is 20.8 Å². The SMILES string of the molecule is CCN(CC)CC(=O)Nc1c(C)cc(Cl)cc1Cl. The molecule has 0 aliphatic carbocycles. The predicted octanol–water partition coefficient (Wildman–Crippen LogP) is 3.58. The Morgan fingerprint density at radius 3 is 2.39 bits per heavy atom. The van der Waals surface area contributed by atoms with Crippen molar-refractivity contribution in [2.75, 3.05) is 25.0 Å². The van der Waals surface area contributed by atoms with E-state index in [-0.39, 0.29) is 5.91 Å². The summed E-state index contributed by atoms with van der Waals surface area (Å²) in [6, 6.07) is 3.41. The molecule has 1 rings (SSSR count). The fraction of sp³-hybridized carbons (Fsp3) is 0.462. The van der Waals surface area contributed by atoms with Crippen molar-refractivity contribution in [3.8, 4) is 0 Å². The summed E-state index contributed by atoms with van der Waals surface area (Å²) in [4.78, 5) is 13.9. The molecule has 0 fully saturated rings. The quantitative estimate of drug-likeness (QED) is 0.898. The summed E-state index contributed by atoms with van der Waals surface area (Å²) in [5.74, 6) is -0.0639. The topological polar surface area (TPSA) is 32.3 Å². The maximum absolute atomic E-state index is 11.9. The smallest absolute Gasteiger partial charge is 0.238 e. The number of likely N-dealkylation sites (N-methyl/N-ethyl adjacent to an activating group) is 1. The van der Waals surface area contributed by atoms with Crippen LogP contribution in [0.2, 0.25) is 10.0 Å². The number of rotatable bonds is 5. The molecular weight excluding hydrogens is 271 g/mol. The monoisotopic (exact) mass is 288 g/mol. The van der Waals surface area contributed by atoms with E-state index < -0.39 is 0 Å². The fourth-order valence-corrected chi connectivity index (χ4v) is 2.33. The predicted molar refractivity (Wildman–Crippen MR) is 77.6 cm³/mol. The molecule has 0 spiro atoms. The minimum Gasteiger partial charge on any atom is -0.323 e. The molecule has 1 N–H and O–H groups in total. The van der Waals surface area contributed by atoms with Crippen LogP contribution in [0.1, 0.15) is 19.4 Å². The summed E-state index contributed by atoms with van der Waals surface area (Å²) in [7, 11) is 0. The molecule has 0 saturated carbocycles. The van der Waals surface area contributed by atoms with Crippen LogP contribution in [0.3, 0.4) is 0 Å². The van der Waals surface area contributed by atoms with Crippen LogP contribution in [-0.4, -0.2) is 30.4 Å². The number of hydrogen-bond acceptors (Lipinski definition) is 2. The number of halogens is 2. The molecule has 5 heteroatoms. The minimum atomic E-state index is -0.0639. The zero-order chi connectivity index (χ0) is 13.7. The lowest BCUT2D eigenvalue weighted by Gasteiger charge is -2.18. The molecule has 1 aromatic rings. The van der Waals surface area contributed by atoms with Gasteiger partial charge in [0.1, 0.15) is 0 Å². The molecule has 0 radical (unpaired) electrons. The second kappa shape index (κ2) is 6.98. The number of nitrogens with zero attached hydrogens (tertiary/aromatic N) is 1. The first-order valence-electron chi connectivity index (χ1n) is 5.95. The van der Waals surface area contributed by atoms with E-state index in [1.807, 2.05) is 25.7 Å². The summed E-state index contributed by atoms with van der Waals surface area (Å²) in [5, 5.41) is 3.87. The van der Waals surface area contributed by atoms with Crippen LogP contribution in [0, 0.1) is 6.92 Å². The number of aryl methyl sites for hydroxylation is 1. The van der Waals surface area contributed by atoms with Crippen LogP contribution < -0.4 is 5.32 Å². The van der Waals surface area contributed by atoms with Gasteiger partial charge in [-0.25, -0.2) is 0 Å². The highest BCUT2D eigenvalue weighted by molar-refractivity contribution is 6.37. The number of amides is 1. The number of nitrogens with one attached hydrogen (secondary N) is 1. The first kappa shape index (κ1) is 15.3. The van der Waals surface area contributed by atoms with Crippen molar-refractivity contribution in [1.82, 2.24) is 4.90 Å². The maximum atomic E-state index is 11.9. The third-order valence-electron chi connectivity index (χ3n) is 2.78. The Bertz CT molecular complexity index is 408. The third kappa shape index (κ3) is 4.16. The van der Waals surface area contributed by atoms with Crippen LogP contribution >= 0.6 is 23.2 Å². The third-order valence-corrected chi connectivity index (χ3v) is 3.29. The van der Waals surface area contributed by atoms with Gasteiger partial charge in [0.2, 0.25) is 5.91 Å². The standard InChI is InChI=1S/C13H18Cl2N2O/c1-4-17(5-2)8-12(18)16-13-9(3)6-10(14)7-11(13)15/h6-7H,4-5,8H2,1-3H3,(H,16,18). The lowest BCUT2D eigenvalue weighted by Crippen LogP contribution is -2.33. The van der Waals surface area contributed by atoms with Gasteiger partial charge in [-0.2, -0.15) is 0 Å². The largest absolute Gasteiger partial charge is 0.323 e. The van der Waals surface area contributed by atoms with Gasteiger partial charge in [-0.05, 0) is 37.7 Å². The molecule has 3 nitrogen and oxygen atoms in total. The molecule has 0 aliphatic rings. The number of hydrogen-bond donors (Lipinski definition) is 1. The molecule has 0 unspecified atom stereocenters. The summed E-state index contributed by atoms with van der Waals surface area (Å²) < 4.78 is 0. The van der Waals surface area contributed by atoms with E-state index in [2.05, 4.69) is 5.32 Å². The molecule has 0 heterocycles. The highest BCUT2D eigenvalue weighted by atomic mass is 35.5. The summed E-state index contributed by atoms with van der Waals surface area (Å²) in [5.41, 5.74) is 1.50. The lowest BCUT2D eigenvalue weighted by atomic mass is 10.2. The number of anilines is 1. The maximum Gasteiger partial charge on any atom is 0.238 e. The molecule has 0 aromatic heterocycles. The Morgan fingerprint density at radius 2 is 1.89 bits per heavy atom. The van der Waals surface area contributed by atoms with E-state index in [1.165, 1.54) is 0 Å². The van der Waals surface area contributed by atoms with Gasteiger partial charge >= 0.3 is 0 Å². The molecule has 0 atom stereocenters. The molecule has 0 aliphatic heterocycles. The van der Waals surface area contributed by atoms with E-state index in [4.69, 9.17) is 23.2 Å². The first-order chi connectivity index (χ1) is 8.47. The Morgan fingerprint density at radius 1 is 1.28 bits per heavy atom.